The first-order chi connectivity index (χ1) is 8.56. The summed E-state index contributed by atoms with van der Waals surface area (Å²) in [5, 5.41) is 10.5. The fourth-order valence-electron chi connectivity index (χ4n) is 1.68. The average molecular weight is 269 g/mol. The second-order valence-electron chi connectivity index (χ2n) is 4.02. The third kappa shape index (κ3) is 3.06. The Morgan fingerprint density at radius 1 is 1.00 bits per heavy atom. The highest BCUT2D eigenvalue weighted by Crippen LogP contribution is 2.21. The Morgan fingerprint density at radius 2 is 1.67 bits per heavy atom. The van der Waals surface area contributed by atoms with Crippen molar-refractivity contribution in [1.29, 1.82) is 0 Å². The quantitative estimate of drug-likeness (QED) is 0.895. The van der Waals surface area contributed by atoms with Crippen molar-refractivity contribution in [2.45, 2.75) is 12.5 Å². The summed E-state index contributed by atoms with van der Waals surface area (Å²) in [5.74, 6) is -1.87. The van der Waals surface area contributed by atoms with Crippen LogP contribution < -0.4 is 0 Å². The van der Waals surface area contributed by atoms with Crippen LogP contribution in [0.1, 0.15) is 17.2 Å². The van der Waals surface area contributed by atoms with Gasteiger partial charge in [0.15, 0.2) is 11.6 Å². The molecule has 0 radical (unpaired) electrons. The molecule has 0 aromatic heterocycles. The molecule has 1 atom stereocenters. The molecule has 2 aromatic carbocycles. The fraction of sp³-hybridized carbons (Fsp3) is 0.143. The van der Waals surface area contributed by atoms with Crippen LogP contribution in [0.2, 0.25) is 5.02 Å². The van der Waals surface area contributed by atoms with E-state index in [2.05, 4.69) is 0 Å². The Labute approximate surface area is 109 Å². The van der Waals surface area contributed by atoms with E-state index in [1.807, 2.05) is 0 Å². The highest BCUT2D eigenvalue weighted by molar-refractivity contribution is 6.30. The molecule has 0 aliphatic carbocycles. The predicted octanol–water partition coefficient (Wildman–Crippen LogP) is 3.89. The lowest BCUT2D eigenvalue weighted by atomic mass is 10.0. The van der Waals surface area contributed by atoms with Gasteiger partial charge in [-0.3, -0.25) is 0 Å². The third-order valence-corrected chi connectivity index (χ3v) is 2.92. The molecule has 2 rings (SSSR count). The normalized spacial score (nSPS) is 12.4. The molecule has 0 aliphatic heterocycles. The zero-order valence-electron chi connectivity index (χ0n) is 9.41. The van der Waals surface area contributed by atoms with E-state index in [0.717, 1.165) is 17.7 Å². The molecule has 1 N–H and O–H groups in total. The molecule has 0 aliphatic rings. The van der Waals surface area contributed by atoms with Crippen LogP contribution in [0.25, 0.3) is 0 Å². The van der Waals surface area contributed by atoms with Crippen LogP contribution >= 0.6 is 11.6 Å². The minimum Gasteiger partial charge on any atom is -0.388 e. The smallest absolute Gasteiger partial charge is 0.159 e. The molecule has 0 saturated carbocycles. The van der Waals surface area contributed by atoms with Gasteiger partial charge in [0.25, 0.3) is 0 Å². The Morgan fingerprint density at radius 3 is 2.28 bits per heavy atom. The predicted molar refractivity (Wildman–Crippen MR) is 66.5 cm³/mol. The molecule has 0 bridgehead atoms. The lowest BCUT2D eigenvalue weighted by Crippen LogP contribution is -2.02. The number of benzene rings is 2. The van der Waals surface area contributed by atoms with E-state index >= 15 is 0 Å². The van der Waals surface area contributed by atoms with Gasteiger partial charge in [-0.25, -0.2) is 8.78 Å². The first-order valence-corrected chi connectivity index (χ1v) is 5.81. The van der Waals surface area contributed by atoms with E-state index in [-0.39, 0.29) is 0 Å². The fourth-order valence-corrected chi connectivity index (χ4v) is 1.81. The molecular formula is C14H11ClF2O. The molecule has 94 valence electrons. The Balaban J connectivity index is 2.13. The van der Waals surface area contributed by atoms with Gasteiger partial charge in [-0.2, -0.15) is 0 Å². The van der Waals surface area contributed by atoms with Gasteiger partial charge in [0.05, 0.1) is 6.10 Å². The maximum atomic E-state index is 13.0. The third-order valence-electron chi connectivity index (χ3n) is 2.67. The second kappa shape index (κ2) is 5.46. The van der Waals surface area contributed by atoms with Gasteiger partial charge in [0.1, 0.15) is 0 Å². The molecule has 0 heterocycles. The van der Waals surface area contributed by atoms with Crippen LogP contribution in [0.15, 0.2) is 42.5 Å². The van der Waals surface area contributed by atoms with Gasteiger partial charge in [0.2, 0.25) is 0 Å². The molecule has 4 heteroatoms. The van der Waals surface area contributed by atoms with Gasteiger partial charge in [0, 0.05) is 11.4 Å². The summed E-state index contributed by atoms with van der Waals surface area (Å²) >= 11 is 5.75. The van der Waals surface area contributed by atoms with E-state index in [4.69, 9.17) is 11.6 Å². The average Bonchev–Trinajstić information content (AvgIpc) is 2.35. The first-order valence-electron chi connectivity index (χ1n) is 5.44. The zero-order chi connectivity index (χ0) is 13.1. The topological polar surface area (TPSA) is 20.2 Å². The highest BCUT2D eigenvalue weighted by Gasteiger charge is 2.11. The molecule has 1 nitrogen and oxygen atoms in total. The van der Waals surface area contributed by atoms with Crippen molar-refractivity contribution < 1.29 is 13.9 Å². The number of hydrogen-bond acceptors (Lipinski definition) is 1. The maximum absolute atomic E-state index is 13.0. The lowest BCUT2D eigenvalue weighted by molar-refractivity contribution is 0.178. The summed E-state index contributed by atoms with van der Waals surface area (Å²) in [5.41, 5.74) is 1.22. The van der Waals surface area contributed by atoms with Crippen molar-refractivity contribution in [3.05, 3.63) is 70.2 Å². The van der Waals surface area contributed by atoms with Crippen molar-refractivity contribution in [2.75, 3.05) is 0 Å². The largest absolute Gasteiger partial charge is 0.388 e. The molecule has 0 spiro atoms. The van der Waals surface area contributed by atoms with Crippen LogP contribution in [-0.4, -0.2) is 5.11 Å². The van der Waals surface area contributed by atoms with Crippen molar-refractivity contribution in [1.82, 2.24) is 0 Å². The van der Waals surface area contributed by atoms with Gasteiger partial charge >= 0.3 is 0 Å². The lowest BCUT2D eigenvalue weighted by Gasteiger charge is -2.11. The van der Waals surface area contributed by atoms with Crippen LogP contribution in [0.3, 0.4) is 0 Å². The molecule has 0 amide bonds. The van der Waals surface area contributed by atoms with Crippen molar-refractivity contribution in [3.63, 3.8) is 0 Å². The summed E-state index contributed by atoms with van der Waals surface area (Å²) in [4.78, 5) is 0. The van der Waals surface area contributed by atoms with E-state index < -0.39 is 17.7 Å². The molecule has 0 fully saturated rings. The minimum atomic E-state index is -0.956. The first kappa shape index (κ1) is 13.0. The van der Waals surface area contributed by atoms with Crippen LogP contribution in [0.4, 0.5) is 8.78 Å². The molecule has 2 aromatic rings. The molecule has 1 unspecified atom stereocenters. The van der Waals surface area contributed by atoms with E-state index in [1.165, 1.54) is 6.07 Å². The summed E-state index contributed by atoms with van der Waals surface area (Å²) < 4.78 is 25.8. The summed E-state index contributed by atoms with van der Waals surface area (Å²) in [6.07, 6.45) is -0.552. The standard InChI is InChI=1S/C14H11ClF2O/c15-11-4-1-9(2-5-11)7-14(18)10-3-6-12(16)13(17)8-10/h1-6,8,14,18H,7H2. The highest BCUT2D eigenvalue weighted by atomic mass is 35.5. The van der Waals surface area contributed by atoms with Crippen LogP contribution in [0.5, 0.6) is 0 Å². The van der Waals surface area contributed by atoms with Gasteiger partial charge in [-0.1, -0.05) is 29.8 Å². The molecule has 0 saturated heterocycles. The molecule has 18 heavy (non-hydrogen) atoms. The minimum absolute atomic E-state index is 0.322. The van der Waals surface area contributed by atoms with Crippen molar-refractivity contribution in [2.24, 2.45) is 0 Å². The van der Waals surface area contributed by atoms with Gasteiger partial charge in [-0.05, 0) is 35.4 Å². The van der Waals surface area contributed by atoms with Gasteiger partial charge < -0.3 is 5.11 Å². The van der Waals surface area contributed by atoms with Gasteiger partial charge in [-0.15, -0.1) is 0 Å². The summed E-state index contributed by atoms with van der Waals surface area (Å²) in [6, 6.07) is 10.4. The second-order valence-corrected chi connectivity index (χ2v) is 4.46. The SMILES string of the molecule is OC(Cc1ccc(Cl)cc1)c1ccc(F)c(F)c1. The Hall–Kier alpha value is -1.45. The monoisotopic (exact) mass is 268 g/mol. The van der Waals surface area contributed by atoms with E-state index in [0.29, 0.717) is 17.0 Å². The van der Waals surface area contributed by atoms with E-state index in [9.17, 15) is 13.9 Å². The van der Waals surface area contributed by atoms with Crippen LogP contribution in [-0.2, 0) is 6.42 Å². The van der Waals surface area contributed by atoms with Crippen molar-refractivity contribution in [3.8, 4) is 0 Å². The summed E-state index contributed by atoms with van der Waals surface area (Å²) in [7, 11) is 0. The van der Waals surface area contributed by atoms with E-state index in [1.54, 1.807) is 24.3 Å². The van der Waals surface area contributed by atoms with Crippen molar-refractivity contribution >= 4 is 11.6 Å². The maximum Gasteiger partial charge on any atom is 0.159 e. The number of hydrogen-bond donors (Lipinski definition) is 1. The number of halogens is 3. The Kier molecular flexibility index (Phi) is 3.94. The number of rotatable bonds is 3. The number of aliphatic hydroxyl groups excluding tert-OH is 1. The number of aliphatic hydroxyl groups is 1. The Bertz CT molecular complexity index is 540. The molecular weight excluding hydrogens is 258 g/mol. The van der Waals surface area contributed by atoms with Crippen LogP contribution in [0, 0.1) is 11.6 Å². The zero-order valence-corrected chi connectivity index (χ0v) is 10.2. The summed E-state index contributed by atoms with van der Waals surface area (Å²) in [6.45, 7) is 0.